The average molecular weight is 328 g/mol. The molecule has 0 bridgehead atoms. The number of anilines is 1. The first-order valence-electron chi connectivity index (χ1n) is 6.55. The smallest absolute Gasteiger partial charge is 0.241 e. The maximum Gasteiger partial charge on any atom is 0.241 e. The number of hydrogen-bond donors (Lipinski definition) is 2. The maximum absolute atomic E-state index is 13.2. The zero-order valence-corrected chi connectivity index (χ0v) is 13.2. The molecule has 1 aromatic heterocycles. The normalized spacial score (nSPS) is 13.2. The predicted octanol–water partition coefficient (Wildman–Crippen LogP) is 3.29. The van der Waals surface area contributed by atoms with Crippen molar-refractivity contribution in [2.24, 2.45) is 0 Å². The molecule has 0 radical (unpaired) electrons. The van der Waals surface area contributed by atoms with Gasteiger partial charge in [0.05, 0.1) is 16.6 Å². The summed E-state index contributed by atoms with van der Waals surface area (Å²) in [4.78, 5) is 0.926. The van der Waals surface area contributed by atoms with Crippen LogP contribution in [-0.4, -0.2) is 8.42 Å². The van der Waals surface area contributed by atoms with Gasteiger partial charge in [0.25, 0.3) is 0 Å². The monoisotopic (exact) mass is 328 g/mol. The molecule has 0 aliphatic rings. The minimum atomic E-state index is -3.74. The minimum absolute atomic E-state index is 0.0286. The predicted molar refractivity (Wildman–Crippen MR) is 83.1 cm³/mol. The summed E-state index contributed by atoms with van der Waals surface area (Å²) in [6, 6.07) is 6.90. The van der Waals surface area contributed by atoms with Crippen LogP contribution < -0.4 is 10.5 Å². The van der Waals surface area contributed by atoms with E-state index < -0.39 is 15.8 Å². The van der Waals surface area contributed by atoms with Crippen molar-refractivity contribution < 1.29 is 12.8 Å². The second-order valence-electron chi connectivity index (χ2n) is 4.66. The Morgan fingerprint density at radius 1 is 1.38 bits per heavy atom. The molecular formula is C14H17FN2O2S2. The molecule has 114 valence electrons. The highest BCUT2D eigenvalue weighted by Crippen LogP contribution is 2.26. The van der Waals surface area contributed by atoms with Crippen LogP contribution in [0.3, 0.4) is 0 Å². The van der Waals surface area contributed by atoms with Gasteiger partial charge in [-0.1, -0.05) is 19.4 Å². The Morgan fingerprint density at radius 2 is 2.14 bits per heavy atom. The second-order valence-corrected chi connectivity index (χ2v) is 7.35. The van der Waals surface area contributed by atoms with Crippen molar-refractivity contribution in [3.05, 3.63) is 46.4 Å². The van der Waals surface area contributed by atoms with Gasteiger partial charge < -0.3 is 5.73 Å². The van der Waals surface area contributed by atoms with Gasteiger partial charge in [0.2, 0.25) is 10.0 Å². The van der Waals surface area contributed by atoms with Crippen LogP contribution in [0.2, 0.25) is 0 Å². The molecule has 0 aliphatic heterocycles. The van der Waals surface area contributed by atoms with E-state index in [4.69, 9.17) is 5.73 Å². The third-order valence-corrected chi connectivity index (χ3v) is 5.49. The van der Waals surface area contributed by atoms with Crippen LogP contribution in [0.25, 0.3) is 0 Å². The summed E-state index contributed by atoms with van der Waals surface area (Å²) in [7, 11) is -3.74. The van der Waals surface area contributed by atoms with Gasteiger partial charge in [0.1, 0.15) is 5.82 Å². The highest BCUT2D eigenvalue weighted by molar-refractivity contribution is 7.89. The number of benzene rings is 1. The van der Waals surface area contributed by atoms with Crippen LogP contribution in [0.4, 0.5) is 10.1 Å². The van der Waals surface area contributed by atoms with E-state index in [0.717, 1.165) is 23.4 Å². The first-order chi connectivity index (χ1) is 9.94. The van der Waals surface area contributed by atoms with Crippen LogP contribution in [0.15, 0.2) is 40.6 Å². The van der Waals surface area contributed by atoms with Gasteiger partial charge in [-0.2, -0.15) is 0 Å². The Bertz CT molecular complexity index is 700. The summed E-state index contributed by atoms with van der Waals surface area (Å²) in [5.41, 5.74) is 5.26. The Labute approximate surface area is 127 Å². The highest BCUT2D eigenvalue weighted by Gasteiger charge is 2.22. The zero-order valence-electron chi connectivity index (χ0n) is 11.5. The summed E-state index contributed by atoms with van der Waals surface area (Å²) < 4.78 is 40.6. The van der Waals surface area contributed by atoms with Gasteiger partial charge in [-0.3, -0.25) is 0 Å². The number of nitrogen functional groups attached to an aromatic ring is 1. The fourth-order valence-electron chi connectivity index (χ4n) is 1.98. The van der Waals surface area contributed by atoms with Crippen LogP contribution in [0.1, 0.15) is 30.7 Å². The summed E-state index contributed by atoms with van der Waals surface area (Å²) in [6.45, 7) is 1.99. The molecule has 0 fully saturated rings. The molecule has 1 atom stereocenters. The van der Waals surface area contributed by atoms with Gasteiger partial charge in [-0.15, -0.1) is 11.3 Å². The number of nitrogens with one attached hydrogen (secondary N) is 1. The number of sulfonamides is 1. The van der Waals surface area contributed by atoms with Crippen LogP contribution >= 0.6 is 11.3 Å². The first-order valence-corrected chi connectivity index (χ1v) is 8.91. The van der Waals surface area contributed by atoms with Crippen molar-refractivity contribution in [2.75, 3.05) is 5.73 Å². The Morgan fingerprint density at radius 3 is 2.71 bits per heavy atom. The molecular weight excluding hydrogens is 311 g/mol. The quantitative estimate of drug-likeness (QED) is 0.799. The number of hydrogen-bond acceptors (Lipinski definition) is 4. The molecule has 0 spiro atoms. The maximum atomic E-state index is 13.2. The van der Waals surface area contributed by atoms with Crippen molar-refractivity contribution in [3.8, 4) is 0 Å². The molecule has 0 saturated carbocycles. The van der Waals surface area contributed by atoms with Gasteiger partial charge in [-0.05, 0) is 36.1 Å². The molecule has 0 aliphatic carbocycles. The summed E-state index contributed by atoms with van der Waals surface area (Å²) in [6.07, 6.45) is 1.53. The molecule has 2 rings (SSSR count). The average Bonchev–Trinajstić information content (AvgIpc) is 2.95. The fraction of sp³-hybridized carbons (Fsp3) is 0.286. The van der Waals surface area contributed by atoms with Gasteiger partial charge in [0.15, 0.2) is 0 Å². The van der Waals surface area contributed by atoms with Gasteiger partial charge >= 0.3 is 0 Å². The van der Waals surface area contributed by atoms with E-state index in [1.165, 1.54) is 17.4 Å². The number of rotatable bonds is 6. The second kappa shape index (κ2) is 6.55. The molecule has 2 aromatic rings. The zero-order chi connectivity index (χ0) is 15.5. The number of thiophene rings is 1. The van der Waals surface area contributed by atoms with Crippen LogP contribution in [0, 0.1) is 5.82 Å². The Hall–Kier alpha value is -1.44. The molecule has 3 N–H and O–H groups in total. The lowest BCUT2D eigenvalue weighted by Gasteiger charge is -2.17. The summed E-state index contributed by atoms with van der Waals surface area (Å²) >= 11 is 1.50. The van der Waals surface area contributed by atoms with E-state index in [1.807, 2.05) is 24.4 Å². The van der Waals surface area contributed by atoms with Crippen molar-refractivity contribution in [3.63, 3.8) is 0 Å². The lowest BCUT2D eigenvalue weighted by molar-refractivity contribution is 0.540. The van der Waals surface area contributed by atoms with Crippen molar-refractivity contribution >= 4 is 27.0 Å². The topological polar surface area (TPSA) is 72.2 Å². The summed E-state index contributed by atoms with van der Waals surface area (Å²) in [5.74, 6) is -0.627. The third-order valence-electron chi connectivity index (χ3n) is 3.04. The van der Waals surface area contributed by atoms with Crippen molar-refractivity contribution in [1.29, 1.82) is 0 Å². The standard InChI is InChI=1S/C14H17FN2O2S2/c1-2-4-13(14-5-3-8-20-14)17-21(18,19)10-6-7-11(15)12(16)9-10/h3,5-9,13,17H,2,4,16H2,1H3. The molecule has 0 amide bonds. The number of halogens is 1. The van der Waals surface area contributed by atoms with E-state index >= 15 is 0 Å². The van der Waals surface area contributed by atoms with Gasteiger partial charge in [0, 0.05) is 4.88 Å². The van der Waals surface area contributed by atoms with E-state index in [2.05, 4.69) is 4.72 Å². The molecule has 1 heterocycles. The lowest BCUT2D eigenvalue weighted by atomic mass is 10.1. The molecule has 0 saturated heterocycles. The summed E-state index contributed by atoms with van der Waals surface area (Å²) in [5, 5.41) is 1.90. The van der Waals surface area contributed by atoms with Crippen molar-refractivity contribution in [2.45, 2.75) is 30.7 Å². The molecule has 4 nitrogen and oxygen atoms in total. The van der Waals surface area contributed by atoms with Gasteiger partial charge in [-0.25, -0.2) is 17.5 Å². The first kappa shape index (κ1) is 15.9. The fourth-order valence-corrected chi connectivity index (χ4v) is 4.15. The van der Waals surface area contributed by atoms with E-state index in [9.17, 15) is 12.8 Å². The molecule has 7 heteroatoms. The molecule has 1 unspecified atom stereocenters. The molecule has 1 aromatic carbocycles. The van der Waals surface area contributed by atoms with Crippen LogP contribution in [0.5, 0.6) is 0 Å². The number of nitrogens with two attached hydrogens (primary N) is 1. The Kier molecular flexibility index (Phi) is 4.97. The largest absolute Gasteiger partial charge is 0.396 e. The van der Waals surface area contributed by atoms with Crippen molar-refractivity contribution in [1.82, 2.24) is 4.72 Å². The minimum Gasteiger partial charge on any atom is -0.396 e. The molecule has 21 heavy (non-hydrogen) atoms. The van der Waals surface area contributed by atoms with Crippen LogP contribution in [-0.2, 0) is 10.0 Å². The van der Waals surface area contributed by atoms with E-state index in [0.29, 0.717) is 6.42 Å². The SMILES string of the molecule is CCCC(NS(=O)(=O)c1ccc(F)c(N)c1)c1cccs1. The lowest BCUT2D eigenvalue weighted by Crippen LogP contribution is -2.28. The third kappa shape index (κ3) is 3.81. The van der Waals surface area contributed by atoms with E-state index in [1.54, 1.807) is 0 Å². The Balaban J connectivity index is 2.28. The van der Waals surface area contributed by atoms with E-state index in [-0.39, 0.29) is 16.6 Å². The highest BCUT2D eigenvalue weighted by atomic mass is 32.2.